The Morgan fingerprint density at radius 2 is 1.54 bits per heavy atom. The molecule has 26 heavy (non-hydrogen) atoms. The van der Waals surface area contributed by atoms with E-state index in [1.807, 2.05) is 12.1 Å². The molecule has 1 aliphatic heterocycles. The Balaban J connectivity index is 1.92. The maximum atomic E-state index is 12.8. The molecule has 1 fully saturated rings. The topological polar surface area (TPSA) is 65.1 Å². The van der Waals surface area contributed by atoms with Gasteiger partial charge >= 0.3 is 0 Å². The molecular formula is C19H17NO5S. The van der Waals surface area contributed by atoms with Gasteiger partial charge in [-0.25, -0.2) is 4.90 Å². The van der Waals surface area contributed by atoms with E-state index in [2.05, 4.69) is 0 Å². The van der Waals surface area contributed by atoms with E-state index in [-0.39, 0.29) is 11.1 Å². The molecule has 1 saturated heterocycles. The fraction of sp³-hybridized carbons (Fsp3) is 0.158. The Bertz CT molecular complexity index is 876. The van der Waals surface area contributed by atoms with Crippen LogP contribution in [0.3, 0.4) is 0 Å². The molecule has 0 radical (unpaired) electrons. The molecule has 0 spiro atoms. The molecule has 3 rings (SSSR count). The van der Waals surface area contributed by atoms with Crippen molar-refractivity contribution in [2.24, 2.45) is 0 Å². The Morgan fingerprint density at radius 1 is 0.885 bits per heavy atom. The van der Waals surface area contributed by atoms with Crippen LogP contribution >= 0.6 is 11.8 Å². The summed E-state index contributed by atoms with van der Waals surface area (Å²) in [6.45, 7) is 0. The van der Waals surface area contributed by atoms with E-state index in [0.717, 1.165) is 28.0 Å². The third kappa shape index (κ3) is 3.39. The first-order valence-electron chi connectivity index (χ1n) is 7.71. The van der Waals surface area contributed by atoms with Gasteiger partial charge in [0.2, 0.25) is 0 Å². The predicted molar refractivity (Wildman–Crippen MR) is 101 cm³/mol. The van der Waals surface area contributed by atoms with Crippen LogP contribution in [-0.2, 0) is 4.79 Å². The second kappa shape index (κ2) is 7.53. The monoisotopic (exact) mass is 371 g/mol. The summed E-state index contributed by atoms with van der Waals surface area (Å²) in [5.41, 5.74) is 1.19. The Hall–Kier alpha value is -2.93. The van der Waals surface area contributed by atoms with E-state index in [1.165, 1.54) is 14.2 Å². The molecule has 1 heterocycles. The number of nitrogens with zero attached hydrogens (tertiary/aromatic N) is 1. The highest BCUT2D eigenvalue weighted by Crippen LogP contribution is 2.41. The smallest absolute Gasteiger partial charge is 0.298 e. The van der Waals surface area contributed by atoms with Crippen LogP contribution in [0.15, 0.2) is 47.4 Å². The van der Waals surface area contributed by atoms with Gasteiger partial charge in [0, 0.05) is 6.07 Å². The van der Waals surface area contributed by atoms with Crippen LogP contribution in [0.1, 0.15) is 5.56 Å². The molecule has 7 heteroatoms. The van der Waals surface area contributed by atoms with E-state index in [4.69, 9.17) is 14.2 Å². The zero-order valence-electron chi connectivity index (χ0n) is 14.5. The number of ether oxygens (including phenoxy) is 3. The van der Waals surface area contributed by atoms with Gasteiger partial charge in [-0.15, -0.1) is 0 Å². The molecule has 0 atom stereocenters. The number of hydrogen-bond acceptors (Lipinski definition) is 6. The van der Waals surface area contributed by atoms with E-state index < -0.39 is 0 Å². The largest absolute Gasteiger partial charge is 0.497 e. The first-order chi connectivity index (χ1) is 12.6. The maximum absolute atomic E-state index is 12.8. The summed E-state index contributed by atoms with van der Waals surface area (Å²) < 4.78 is 15.6. The van der Waals surface area contributed by atoms with Crippen molar-refractivity contribution in [3.05, 3.63) is 52.9 Å². The highest BCUT2D eigenvalue weighted by molar-refractivity contribution is 8.19. The van der Waals surface area contributed by atoms with Crippen LogP contribution in [0.5, 0.6) is 17.2 Å². The van der Waals surface area contributed by atoms with Gasteiger partial charge in [0.25, 0.3) is 11.1 Å². The van der Waals surface area contributed by atoms with Crippen molar-refractivity contribution >= 4 is 34.7 Å². The third-order valence-electron chi connectivity index (χ3n) is 3.84. The van der Waals surface area contributed by atoms with Crippen LogP contribution in [-0.4, -0.2) is 32.5 Å². The first kappa shape index (κ1) is 17.9. The van der Waals surface area contributed by atoms with E-state index >= 15 is 0 Å². The number of rotatable bonds is 5. The number of hydrogen-bond donors (Lipinski definition) is 0. The fourth-order valence-corrected chi connectivity index (χ4v) is 3.33. The lowest BCUT2D eigenvalue weighted by Crippen LogP contribution is -2.28. The molecule has 0 aliphatic carbocycles. The lowest BCUT2D eigenvalue weighted by Gasteiger charge is -2.16. The highest BCUT2D eigenvalue weighted by Gasteiger charge is 2.37. The van der Waals surface area contributed by atoms with Crippen molar-refractivity contribution in [2.45, 2.75) is 0 Å². The Labute approximate surface area is 155 Å². The van der Waals surface area contributed by atoms with Gasteiger partial charge in [-0.3, -0.25) is 9.59 Å². The van der Waals surface area contributed by atoms with E-state index in [1.54, 1.807) is 43.5 Å². The fourth-order valence-electron chi connectivity index (χ4n) is 2.50. The molecule has 2 amide bonds. The number of carbonyl (C=O) groups excluding carboxylic acids is 2. The number of methoxy groups -OCH3 is 3. The van der Waals surface area contributed by atoms with Gasteiger partial charge in [-0.05, 0) is 47.7 Å². The average Bonchev–Trinajstić information content (AvgIpc) is 2.95. The van der Waals surface area contributed by atoms with Crippen molar-refractivity contribution < 1.29 is 23.8 Å². The molecule has 0 bridgehead atoms. The minimum absolute atomic E-state index is 0.345. The summed E-state index contributed by atoms with van der Waals surface area (Å²) in [5.74, 6) is 1.29. The van der Waals surface area contributed by atoms with Gasteiger partial charge in [0.1, 0.15) is 17.2 Å². The molecule has 0 saturated carbocycles. The van der Waals surface area contributed by atoms with Crippen molar-refractivity contribution in [3.8, 4) is 17.2 Å². The van der Waals surface area contributed by atoms with Crippen LogP contribution in [0.4, 0.5) is 10.5 Å². The summed E-state index contributed by atoms with van der Waals surface area (Å²) in [5, 5.41) is -0.377. The van der Waals surface area contributed by atoms with E-state index in [9.17, 15) is 9.59 Å². The van der Waals surface area contributed by atoms with Crippen LogP contribution in [0.25, 0.3) is 6.08 Å². The van der Waals surface area contributed by atoms with Crippen LogP contribution in [0.2, 0.25) is 0 Å². The van der Waals surface area contributed by atoms with Crippen molar-refractivity contribution in [1.82, 2.24) is 0 Å². The van der Waals surface area contributed by atoms with Gasteiger partial charge in [-0.1, -0.05) is 12.1 Å². The predicted octanol–water partition coefficient (Wildman–Crippen LogP) is 3.95. The van der Waals surface area contributed by atoms with Gasteiger partial charge in [0.05, 0.1) is 31.9 Å². The Kier molecular flexibility index (Phi) is 5.18. The van der Waals surface area contributed by atoms with Gasteiger partial charge < -0.3 is 14.2 Å². The maximum Gasteiger partial charge on any atom is 0.298 e. The molecular weight excluding hydrogens is 354 g/mol. The number of thioether (sulfide) groups is 1. The molecule has 2 aromatic rings. The molecule has 0 unspecified atom stereocenters. The quantitative estimate of drug-likeness (QED) is 0.742. The van der Waals surface area contributed by atoms with E-state index in [0.29, 0.717) is 22.1 Å². The average molecular weight is 371 g/mol. The highest BCUT2D eigenvalue weighted by atomic mass is 32.2. The van der Waals surface area contributed by atoms with Crippen molar-refractivity contribution in [1.29, 1.82) is 0 Å². The van der Waals surface area contributed by atoms with Gasteiger partial charge in [-0.2, -0.15) is 0 Å². The Morgan fingerprint density at radius 3 is 2.15 bits per heavy atom. The molecule has 134 valence electrons. The number of carbonyl (C=O) groups is 2. The number of amides is 2. The zero-order chi connectivity index (χ0) is 18.7. The minimum Gasteiger partial charge on any atom is -0.497 e. The molecule has 1 aliphatic rings. The second-order valence-corrected chi connectivity index (χ2v) is 6.32. The molecule has 0 aromatic heterocycles. The standard InChI is InChI=1S/C19H17NO5S/c1-23-13-6-4-12(5-7-13)10-17-18(21)20(19(22)26-17)15-9-8-14(24-2)11-16(15)25-3/h4-11H,1-3H3/b17-10-. The molecule has 2 aromatic carbocycles. The summed E-state index contributed by atoms with van der Waals surface area (Å²) in [6.07, 6.45) is 1.68. The zero-order valence-corrected chi connectivity index (χ0v) is 15.3. The van der Waals surface area contributed by atoms with Gasteiger partial charge in [0.15, 0.2) is 0 Å². The first-order valence-corrected chi connectivity index (χ1v) is 8.53. The summed E-state index contributed by atoms with van der Waals surface area (Å²) in [7, 11) is 4.60. The normalized spacial score (nSPS) is 15.5. The van der Waals surface area contributed by atoms with Crippen LogP contribution in [0, 0.1) is 0 Å². The number of anilines is 1. The number of imide groups is 1. The lowest BCUT2D eigenvalue weighted by atomic mass is 10.2. The van der Waals surface area contributed by atoms with Crippen molar-refractivity contribution in [3.63, 3.8) is 0 Å². The summed E-state index contributed by atoms with van der Waals surface area (Å²) in [6, 6.07) is 12.2. The minimum atomic E-state index is -0.390. The number of benzene rings is 2. The second-order valence-electron chi connectivity index (χ2n) is 5.33. The van der Waals surface area contributed by atoms with Crippen molar-refractivity contribution in [2.75, 3.05) is 26.2 Å². The third-order valence-corrected chi connectivity index (χ3v) is 4.70. The SMILES string of the molecule is COc1ccc(/C=C2\SC(=O)N(c3ccc(OC)cc3OC)C2=O)cc1. The molecule has 0 N–H and O–H groups in total. The lowest BCUT2D eigenvalue weighted by molar-refractivity contribution is -0.113. The molecule has 6 nitrogen and oxygen atoms in total. The summed E-state index contributed by atoms with van der Waals surface area (Å²) in [4.78, 5) is 26.7. The van der Waals surface area contributed by atoms with Crippen LogP contribution < -0.4 is 19.1 Å². The summed E-state index contributed by atoms with van der Waals surface area (Å²) >= 11 is 0.891.